The van der Waals surface area contributed by atoms with E-state index in [2.05, 4.69) is 25.6 Å². The van der Waals surface area contributed by atoms with E-state index in [1.54, 1.807) is 100.0 Å². The van der Waals surface area contributed by atoms with Crippen molar-refractivity contribution in [1.29, 1.82) is 0 Å². The largest absolute Gasteiger partial charge is 0.348 e. The average molecular weight is 758 g/mol. The minimum absolute atomic E-state index is 0.193. The molecule has 2 aliphatic heterocycles. The SMILES string of the molecule is O=C(NCc1ccc(S(=O)(=O)N2CCCCC2)cc1)c1ccc2nc[nH]c2c1.O=C(NCc1ccc(S(=O)(=O)N2CCCCC2)cc1)c1cccnc1. The van der Waals surface area contributed by atoms with Crippen LogP contribution in [0.4, 0.5) is 0 Å². The van der Waals surface area contributed by atoms with E-state index in [-0.39, 0.29) is 11.8 Å². The second-order valence-electron chi connectivity index (χ2n) is 13.0. The van der Waals surface area contributed by atoms with Crippen molar-refractivity contribution in [2.45, 2.75) is 61.4 Å². The highest BCUT2D eigenvalue weighted by atomic mass is 32.2. The molecule has 2 aromatic heterocycles. The Kier molecular flexibility index (Phi) is 12.3. The van der Waals surface area contributed by atoms with E-state index in [1.807, 2.05) is 0 Å². The number of piperidine rings is 2. The number of carbonyl (C=O) groups excluding carboxylic acids is 2. The van der Waals surface area contributed by atoms with Crippen molar-refractivity contribution in [3.63, 3.8) is 0 Å². The molecule has 2 aliphatic rings. The van der Waals surface area contributed by atoms with E-state index in [0.29, 0.717) is 60.2 Å². The summed E-state index contributed by atoms with van der Waals surface area (Å²) in [4.78, 5) is 36.0. The monoisotopic (exact) mass is 757 g/mol. The fourth-order valence-electron chi connectivity index (χ4n) is 6.21. The van der Waals surface area contributed by atoms with Gasteiger partial charge in [0.15, 0.2) is 0 Å². The topological polar surface area (TPSA) is 175 Å². The lowest BCUT2D eigenvalue weighted by atomic mass is 10.1. The van der Waals surface area contributed by atoms with Gasteiger partial charge in [-0.15, -0.1) is 0 Å². The first kappa shape index (κ1) is 37.8. The molecule has 0 bridgehead atoms. The van der Waals surface area contributed by atoms with Crippen LogP contribution < -0.4 is 10.6 Å². The molecule has 3 aromatic carbocycles. The fraction of sp³-hybridized carbons (Fsp3) is 0.316. The minimum Gasteiger partial charge on any atom is -0.348 e. The molecule has 13 nitrogen and oxygen atoms in total. The lowest BCUT2D eigenvalue weighted by molar-refractivity contribution is 0.0942. The number of imidazole rings is 1. The van der Waals surface area contributed by atoms with Crippen LogP contribution in [0.3, 0.4) is 0 Å². The molecule has 2 saturated heterocycles. The molecule has 5 aromatic rings. The van der Waals surface area contributed by atoms with Gasteiger partial charge in [0, 0.05) is 57.2 Å². The third-order valence-corrected chi connectivity index (χ3v) is 13.1. The molecule has 278 valence electrons. The van der Waals surface area contributed by atoms with E-state index in [9.17, 15) is 26.4 Å². The summed E-state index contributed by atoms with van der Waals surface area (Å²) in [5.74, 6) is -0.403. The second kappa shape index (κ2) is 17.2. The van der Waals surface area contributed by atoms with Crippen molar-refractivity contribution in [3.05, 3.63) is 120 Å². The summed E-state index contributed by atoms with van der Waals surface area (Å²) in [6, 6.07) is 22.1. The molecule has 2 fully saturated rings. The number of sulfonamides is 2. The molecule has 0 aliphatic carbocycles. The summed E-state index contributed by atoms with van der Waals surface area (Å²) in [5, 5.41) is 5.66. The third kappa shape index (κ3) is 9.53. The van der Waals surface area contributed by atoms with Crippen LogP contribution >= 0.6 is 0 Å². The summed E-state index contributed by atoms with van der Waals surface area (Å²) in [7, 11) is -6.85. The Morgan fingerprint density at radius 2 is 1.15 bits per heavy atom. The van der Waals surface area contributed by atoms with Gasteiger partial charge in [0.05, 0.1) is 32.7 Å². The maximum atomic E-state index is 12.7. The highest BCUT2D eigenvalue weighted by molar-refractivity contribution is 7.89. The van der Waals surface area contributed by atoms with Gasteiger partial charge < -0.3 is 15.6 Å². The van der Waals surface area contributed by atoms with E-state index in [4.69, 9.17) is 0 Å². The number of carbonyl (C=O) groups is 2. The first-order valence-electron chi connectivity index (χ1n) is 17.7. The van der Waals surface area contributed by atoms with E-state index in [1.165, 1.54) is 6.20 Å². The van der Waals surface area contributed by atoms with Gasteiger partial charge in [-0.25, -0.2) is 21.8 Å². The van der Waals surface area contributed by atoms with Crippen LogP contribution in [0, 0.1) is 0 Å². The molecule has 0 saturated carbocycles. The first-order chi connectivity index (χ1) is 25.6. The number of H-pyrrole nitrogens is 1. The van der Waals surface area contributed by atoms with Crippen molar-refractivity contribution >= 4 is 42.9 Å². The minimum atomic E-state index is -3.43. The highest BCUT2D eigenvalue weighted by Crippen LogP contribution is 2.22. The molecule has 7 rings (SSSR count). The zero-order valence-electron chi connectivity index (χ0n) is 29.3. The van der Waals surface area contributed by atoms with Crippen LogP contribution in [-0.2, 0) is 33.1 Å². The number of nitrogens with one attached hydrogen (secondary N) is 3. The molecule has 0 radical (unpaired) electrons. The van der Waals surface area contributed by atoms with Gasteiger partial charge in [-0.2, -0.15) is 8.61 Å². The lowest BCUT2D eigenvalue weighted by Gasteiger charge is -2.25. The van der Waals surface area contributed by atoms with E-state index < -0.39 is 20.0 Å². The van der Waals surface area contributed by atoms with Crippen LogP contribution in [0.1, 0.15) is 70.4 Å². The number of aromatic amines is 1. The van der Waals surface area contributed by atoms with Gasteiger partial charge in [-0.05, 0) is 91.4 Å². The molecule has 53 heavy (non-hydrogen) atoms. The van der Waals surface area contributed by atoms with E-state index >= 15 is 0 Å². The molecule has 0 spiro atoms. The number of amides is 2. The summed E-state index contributed by atoms with van der Waals surface area (Å²) in [5.41, 5.74) is 4.33. The Balaban J connectivity index is 0.000000183. The average Bonchev–Trinajstić information content (AvgIpc) is 3.69. The highest BCUT2D eigenvalue weighted by Gasteiger charge is 2.27. The molecule has 15 heteroatoms. The van der Waals surface area contributed by atoms with Gasteiger partial charge in [-0.3, -0.25) is 14.6 Å². The molecule has 2 amide bonds. The first-order valence-corrected chi connectivity index (χ1v) is 20.6. The summed E-state index contributed by atoms with van der Waals surface area (Å²) in [6.45, 7) is 3.00. The van der Waals surface area contributed by atoms with Gasteiger partial charge >= 0.3 is 0 Å². The fourth-order valence-corrected chi connectivity index (χ4v) is 9.24. The lowest BCUT2D eigenvalue weighted by Crippen LogP contribution is -2.35. The van der Waals surface area contributed by atoms with Gasteiger partial charge in [0.2, 0.25) is 20.0 Å². The predicted octanol–water partition coefficient (Wildman–Crippen LogP) is 4.85. The van der Waals surface area contributed by atoms with Crippen molar-refractivity contribution < 1.29 is 26.4 Å². The van der Waals surface area contributed by atoms with Crippen LogP contribution in [0.5, 0.6) is 0 Å². The standard InChI is InChI=1S/C20H22N4O3S.C18H21N3O3S/c25-20(16-6-9-18-19(12-16)23-14-22-18)21-13-15-4-7-17(8-5-15)28(26,27)24-10-2-1-3-11-24;22-18(16-5-4-10-19-14-16)20-13-15-6-8-17(9-7-15)25(23,24)21-11-2-1-3-12-21/h4-9,12,14H,1-3,10-11,13H2,(H,21,25)(H,22,23);4-10,14H,1-3,11-13H2,(H,20,22). The Morgan fingerprint density at radius 1 is 0.642 bits per heavy atom. The normalized spacial score (nSPS) is 15.6. The number of aromatic nitrogens is 3. The van der Waals surface area contributed by atoms with Gasteiger partial charge in [-0.1, -0.05) is 37.1 Å². The Morgan fingerprint density at radius 3 is 1.64 bits per heavy atom. The van der Waals surface area contributed by atoms with Gasteiger partial charge in [0.25, 0.3) is 11.8 Å². The smallest absolute Gasteiger partial charge is 0.253 e. The molecular formula is C38H43N7O6S2. The number of pyridine rings is 1. The molecule has 0 unspecified atom stereocenters. The zero-order valence-corrected chi connectivity index (χ0v) is 30.9. The number of rotatable bonds is 10. The Bertz CT molecular complexity index is 2220. The molecule has 4 heterocycles. The van der Waals surface area contributed by atoms with E-state index in [0.717, 1.165) is 60.7 Å². The third-order valence-electron chi connectivity index (χ3n) is 9.26. The zero-order chi connectivity index (χ0) is 37.3. The maximum Gasteiger partial charge on any atom is 0.253 e. The predicted molar refractivity (Wildman–Crippen MR) is 201 cm³/mol. The van der Waals surface area contributed by atoms with Crippen LogP contribution in [0.15, 0.2) is 107 Å². The molecular weight excluding hydrogens is 715 g/mol. The van der Waals surface area contributed by atoms with Gasteiger partial charge in [0.1, 0.15) is 0 Å². The molecule has 3 N–H and O–H groups in total. The number of hydrogen-bond donors (Lipinski definition) is 3. The summed E-state index contributed by atoms with van der Waals surface area (Å²) >= 11 is 0. The second-order valence-corrected chi connectivity index (χ2v) is 16.8. The van der Waals surface area contributed by atoms with Crippen molar-refractivity contribution in [3.8, 4) is 0 Å². The number of fused-ring (bicyclic) bond motifs is 1. The Hall–Kier alpha value is -4.96. The van der Waals surface area contributed by atoms with Crippen molar-refractivity contribution in [2.75, 3.05) is 26.2 Å². The van der Waals surface area contributed by atoms with Crippen LogP contribution in [-0.4, -0.2) is 78.4 Å². The number of benzene rings is 3. The quantitative estimate of drug-likeness (QED) is 0.181. The number of nitrogens with zero attached hydrogens (tertiary/aromatic N) is 4. The maximum absolute atomic E-state index is 12.7. The number of hydrogen-bond acceptors (Lipinski definition) is 8. The molecule has 0 atom stereocenters. The van der Waals surface area contributed by atoms with Crippen LogP contribution in [0.2, 0.25) is 0 Å². The van der Waals surface area contributed by atoms with Crippen molar-refractivity contribution in [1.82, 2.24) is 34.2 Å². The van der Waals surface area contributed by atoms with Crippen molar-refractivity contribution in [2.24, 2.45) is 0 Å². The summed E-state index contributed by atoms with van der Waals surface area (Å²) in [6.07, 6.45) is 10.5. The van der Waals surface area contributed by atoms with Crippen LogP contribution in [0.25, 0.3) is 11.0 Å². The summed E-state index contributed by atoms with van der Waals surface area (Å²) < 4.78 is 53.7. The Labute approximate surface area is 310 Å².